The van der Waals surface area contributed by atoms with Gasteiger partial charge in [-0.25, -0.2) is 0 Å². The molecule has 2 aromatic carbocycles. The number of nitro benzene ring substituents is 1. The lowest BCUT2D eigenvalue weighted by molar-refractivity contribution is -0.385. The number of hydrogen-bond donors (Lipinski definition) is 2. The van der Waals surface area contributed by atoms with Crippen LogP contribution in [-0.2, 0) is 9.59 Å². The highest BCUT2D eigenvalue weighted by molar-refractivity contribution is 6.46. The van der Waals surface area contributed by atoms with Gasteiger partial charge in [0, 0.05) is 24.7 Å². The number of phenolic OH excluding ortho intramolecular Hbond substituents is 1. The van der Waals surface area contributed by atoms with E-state index in [1.165, 1.54) is 11.0 Å². The van der Waals surface area contributed by atoms with Crippen LogP contribution in [0.15, 0.2) is 48.0 Å². The van der Waals surface area contributed by atoms with Gasteiger partial charge in [0.05, 0.1) is 23.1 Å². The van der Waals surface area contributed by atoms with Crippen LogP contribution in [0, 0.1) is 10.1 Å². The third-order valence-electron chi connectivity index (χ3n) is 6.04. The van der Waals surface area contributed by atoms with Crippen molar-refractivity contribution in [3.63, 3.8) is 0 Å². The molecule has 2 aromatic rings. The van der Waals surface area contributed by atoms with Gasteiger partial charge in [-0.3, -0.25) is 19.7 Å². The third kappa shape index (κ3) is 5.27. The minimum Gasteiger partial charge on any atom is -0.507 e. The summed E-state index contributed by atoms with van der Waals surface area (Å²) < 4.78 is 5.41. The summed E-state index contributed by atoms with van der Waals surface area (Å²) in [5, 5.41) is 32.5. The molecule has 1 fully saturated rings. The zero-order valence-electron chi connectivity index (χ0n) is 19.9. The van der Waals surface area contributed by atoms with Crippen LogP contribution in [0.1, 0.15) is 37.9 Å². The smallest absolute Gasteiger partial charge is 0.311 e. The number of ketones is 1. The second-order valence-corrected chi connectivity index (χ2v) is 7.98. The van der Waals surface area contributed by atoms with Crippen molar-refractivity contribution >= 4 is 23.1 Å². The Labute approximate surface area is 203 Å². The van der Waals surface area contributed by atoms with Gasteiger partial charge in [-0.1, -0.05) is 19.9 Å². The first-order valence-electron chi connectivity index (χ1n) is 11.4. The predicted octanol–water partition coefficient (Wildman–Crippen LogP) is 3.46. The SMILES string of the molecule is CCOc1ccc(/C(O)=C2/C(=O)C(=O)N(CCN(CC)CC)C2c2ccc(O)c([N+](=O)[O-])c2)cc1. The maximum atomic E-state index is 13.1. The summed E-state index contributed by atoms with van der Waals surface area (Å²) in [6.45, 7) is 8.37. The summed E-state index contributed by atoms with van der Waals surface area (Å²) >= 11 is 0. The minimum absolute atomic E-state index is 0.168. The number of benzene rings is 2. The molecule has 0 spiro atoms. The molecule has 1 atom stereocenters. The molecule has 3 rings (SSSR count). The summed E-state index contributed by atoms with van der Waals surface area (Å²) in [6.07, 6.45) is 0. The van der Waals surface area contributed by atoms with Crippen molar-refractivity contribution < 1.29 is 29.5 Å². The topological polar surface area (TPSA) is 133 Å². The van der Waals surface area contributed by atoms with Crippen molar-refractivity contribution in [3.05, 3.63) is 69.3 Å². The van der Waals surface area contributed by atoms with Crippen molar-refractivity contribution in [2.45, 2.75) is 26.8 Å². The maximum Gasteiger partial charge on any atom is 0.311 e. The second kappa shape index (κ2) is 11.0. The van der Waals surface area contributed by atoms with Crippen LogP contribution in [0.5, 0.6) is 11.5 Å². The first-order valence-corrected chi connectivity index (χ1v) is 11.4. The van der Waals surface area contributed by atoms with Gasteiger partial charge in [0.15, 0.2) is 5.75 Å². The molecule has 2 N–H and O–H groups in total. The Hall–Kier alpha value is -3.92. The zero-order chi connectivity index (χ0) is 25.7. The number of aromatic hydroxyl groups is 1. The molecule has 1 aliphatic heterocycles. The first-order chi connectivity index (χ1) is 16.7. The Balaban J connectivity index is 2.14. The summed E-state index contributed by atoms with van der Waals surface area (Å²) in [7, 11) is 0. The summed E-state index contributed by atoms with van der Waals surface area (Å²) in [6, 6.07) is 9.03. The van der Waals surface area contributed by atoms with Crippen molar-refractivity contribution in [1.82, 2.24) is 9.80 Å². The van der Waals surface area contributed by atoms with Crippen LogP contribution >= 0.6 is 0 Å². The van der Waals surface area contributed by atoms with E-state index in [1.807, 2.05) is 20.8 Å². The molecule has 10 heteroatoms. The number of aliphatic hydroxyl groups excluding tert-OH is 1. The van der Waals surface area contributed by atoms with Crippen LogP contribution in [0.25, 0.3) is 5.76 Å². The molecule has 35 heavy (non-hydrogen) atoms. The third-order valence-corrected chi connectivity index (χ3v) is 6.04. The highest BCUT2D eigenvalue weighted by Crippen LogP contribution is 2.41. The fourth-order valence-electron chi connectivity index (χ4n) is 4.13. The van der Waals surface area contributed by atoms with Gasteiger partial charge in [0.1, 0.15) is 11.5 Å². The van der Waals surface area contributed by atoms with E-state index in [2.05, 4.69) is 4.90 Å². The Morgan fingerprint density at radius 2 is 1.77 bits per heavy atom. The lowest BCUT2D eigenvalue weighted by atomic mass is 9.94. The lowest BCUT2D eigenvalue weighted by Crippen LogP contribution is -2.38. The van der Waals surface area contributed by atoms with Gasteiger partial charge in [0.2, 0.25) is 0 Å². The van der Waals surface area contributed by atoms with Gasteiger partial charge in [-0.2, -0.15) is 0 Å². The number of amides is 1. The average molecular weight is 484 g/mol. The van der Waals surface area contributed by atoms with Crippen LogP contribution in [0.3, 0.4) is 0 Å². The maximum absolute atomic E-state index is 13.1. The first kappa shape index (κ1) is 25.7. The van der Waals surface area contributed by atoms with E-state index in [0.29, 0.717) is 24.5 Å². The number of hydrogen-bond acceptors (Lipinski definition) is 8. The lowest BCUT2D eigenvalue weighted by Gasteiger charge is -2.28. The number of carbonyl (C=O) groups is 2. The van der Waals surface area contributed by atoms with E-state index in [0.717, 1.165) is 25.2 Å². The molecule has 10 nitrogen and oxygen atoms in total. The number of phenols is 1. The number of carbonyl (C=O) groups excluding carboxylic acids is 2. The Morgan fingerprint density at radius 1 is 1.11 bits per heavy atom. The number of likely N-dealkylation sites (tertiary alicyclic amines) is 1. The van der Waals surface area contributed by atoms with Crippen molar-refractivity contribution in [2.24, 2.45) is 0 Å². The van der Waals surface area contributed by atoms with Crippen LogP contribution in [0.2, 0.25) is 0 Å². The molecular formula is C25H29N3O7. The largest absolute Gasteiger partial charge is 0.507 e. The zero-order valence-corrected chi connectivity index (χ0v) is 19.9. The van der Waals surface area contributed by atoms with Gasteiger partial charge < -0.3 is 24.7 Å². The Morgan fingerprint density at radius 3 is 2.34 bits per heavy atom. The Bertz CT molecular complexity index is 1140. The number of ether oxygens (including phenoxy) is 1. The fraction of sp³-hybridized carbons (Fsp3) is 0.360. The molecule has 1 saturated heterocycles. The summed E-state index contributed by atoms with van der Waals surface area (Å²) in [5.74, 6) is -2.03. The molecule has 0 saturated carbocycles. The molecule has 1 unspecified atom stereocenters. The fourth-order valence-corrected chi connectivity index (χ4v) is 4.13. The van der Waals surface area contributed by atoms with Crippen LogP contribution in [-0.4, -0.2) is 69.4 Å². The average Bonchev–Trinajstić information content (AvgIpc) is 3.10. The molecule has 186 valence electrons. The van der Waals surface area contributed by atoms with Crippen LogP contribution in [0.4, 0.5) is 5.69 Å². The number of aliphatic hydroxyl groups is 1. The van der Waals surface area contributed by atoms with Crippen LogP contribution < -0.4 is 4.74 Å². The van der Waals surface area contributed by atoms with E-state index >= 15 is 0 Å². The van der Waals surface area contributed by atoms with Gasteiger partial charge in [-0.05, 0) is 55.9 Å². The molecule has 0 bridgehead atoms. The summed E-state index contributed by atoms with van der Waals surface area (Å²) in [4.78, 5) is 40.3. The Kier molecular flexibility index (Phi) is 8.08. The van der Waals surface area contributed by atoms with E-state index < -0.39 is 39.9 Å². The molecular weight excluding hydrogens is 454 g/mol. The second-order valence-electron chi connectivity index (χ2n) is 7.98. The molecule has 1 heterocycles. The van der Waals surface area contributed by atoms with E-state index in [-0.39, 0.29) is 17.7 Å². The number of likely N-dealkylation sites (N-methyl/N-ethyl adjacent to an activating group) is 1. The molecule has 0 aliphatic carbocycles. The highest BCUT2D eigenvalue weighted by atomic mass is 16.6. The number of Topliss-reactive ketones (excluding diaryl/α,β-unsaturated/α-hetero) is 1. The van der Waals surface area contributed by atoms with E-state index in [1.54, 1.807) is 24.3 Å². The normalized spacial score (nSPS) is 17.3. The quantitative estimate of drug-likeness (QED) is 0.173. The number of nitrogens with zero attached hydrogens (tertiary/aromatic N) is 3. The van der Waals surface area contributed by atoms with Gasteiger partial charge >= 0.3 is 5.69 Å². The van der Waals surface area contributed by atoms with Crippen molar-refractivity contribution in [1.29, 1.82) is 0 Å². The monoisotopic (exact) mass is 483 g/mol. The molecule has 0 radical (unpaired) electrons. The number of nitro groups is 1. The molecule has 1 aliphatic rings. The minimum atomic E-state index is -1.06. The standard InChI is InChI=1S/C25H29N3O7/c1-4-26(5-2)13-14-27-22(17-9-12-20(29)19(15-17)28(33)34)21(24(31)25(27)32)23(30)16-7-10-18(11-8-16)35-6-3/h7-12,15,22,29-30H,4-6,13-14H2,1-3H3/b23-21-. The van der Waals surface area contributed by atoms with Gasteiger partial charge in [-0.15, -0.1) is 0 Å². The van der Waals surface area contributed by atoms with E-state index in [4.69, 9.17) is 4.74 Å². The van der Waals surface area contributed by atoms with Crippen molar-refractivity contribution in [2.75, 3.05) is 32.8 Å². The summed E-state index contributed by atoms with van der Waals surface area (Å²) in [5.41, 5.74) is -0.189. The predicted molar refractivity (Wildman–Crippen MR) is 129 cm³/mol. The highest BCUT2D eigenvalue weighted by Gasteiger charge is 2.46. The molecule has 0 aromatic heterocycles. The van der Waals surface area contributed by atoms with Gasteiger partial charge in [0.25, 0.3) is 11.7 Å². The molecule has 1 amide bonds. The van der Waals surface area contributed by atoms with E-state index in [9.17, 15) is 29.9 Å². The number of rotatable bonds is 10. The van der Waals surface area contributed by atoms with Crippen molar-refractivity contribution in [3.8, 4) is 11.5 Å².